The van der Waals surface area contributed by atoms with Crippen molar-refractivity contribution in [1.82, 2.24) is 10.2 Å². The predicted octanol–water partition coefficient (Wildman–Crippen LogP) is 2.19. The summed E-state index contributed by atoms with van der Waals surface area (Å²) in [7, 11) is 1.97. The van der Waals surface area contributed by atoms with E-state index in [1.807, 2.05) is 7.05 Å². The normalized spacial score (nSPS) is 16.1. The highest BCUT2D eigenvalue weighted by atomic mass is 16.5. The van der Waals surface area contributed by atoms with Gasteiger partial charge >= 0.3 is 0 Å². The monoisotopic (exact) mass is 248 g/mol. The van der Waals surface area contributed by atoms with Gasteiger partial charge in [-0.1, -0.05) is 17.7 Å². The summed E-state index contributed by atoms with van der Waals surface area (Å²) >= 11 is 0. The standard InChI is InChI=1S/C15H24N2O/c1-13-5-6-15(14(11-13)12-16-2)18-10-9-17-7-3-4-8-17/h5-6,11,16H,3-4,7-10,12H2,1-2H3. The second-order valence-corrected chi connectivity index (χ2v) is 5.04. The van der Waals surface area contributed by atoms with Crippen molar-refractivity contribution in [3.8, 4) is 5.75 Å². The fraction of sp³-hybridized carbons (Fsp3) is 0.600. The number of ether oxygens (including phenoxy) is 1. The molecule has 1 aliphatic rings. The SMILES string of the molecule is CNCc1cc(C)ccc1OCCN1CCCC1. The summed E-state index contributed by atoms with van der Waals surface area (Å²) in [5, 5.41) is 3.19. The van der Waals surface area contributed by atoms with Gasteiger partial charge in [0.1, 0.15) is 12.4 Å². The van der Waals surface area contributed by atoms with E-state index in [2.05, 4.69) is 35.3 Å². The highest BCUT2D eigenvalue weighted by molar-refractivity contribution is 5.36. The summed E-state index contributed by atoms with van der Waals surface area (Å²) < 4.78 is 5.92. The van der Waals surface area contributed by atoms with Gasteiger partial charge in [0.25, 0.3) is 0 Å². The largest absolute Gasteiger partial charge is 0.492 e. The molecule has 1 fully saturated rings. The molecule has 1 saturated heterocycles. The Balaban J connectivity index is 1.87. The van der Waals surface area contributed by atoms with Gasteiger partial charge in [0.15, 0.2) is 0 Å². The molecule has 0 spiro atoms. The quantitative estimate of drug-likeness (QED) is 0.835. The lowest BCUT2D eigenvalue weighted by molar-refractivity contribution is 0.236. The summed E-state index contributed by atoms with van der Waals surface area (Å²) in [4.78, 5) is 2.48. The van der Waals surface area contributed by atoms with Gasteiger partial charge in [0.05, 0.1) is 0 Å². The molecule has 2 rings (SSSR count). The second-order valence-electron chi connectivity index (χ2n) is 5.04. The van der Waals surface area contributed by atoms with Crippen molar-refractivity contribution in [3.63, 3.8) is 0 Å². The molecule has 0 unspecified atom stereocenters. The van der Waals surface area contributed by atoms with Crippen molar-refractivity contribution in [3.05, 3.63) is 29.3 Å². The van der Waals surface area contributed by atoms with Crippen LogP contribution >= 0.6 is 0 Å². The first-order valence-corrected chi connectivity index (χ1v) is 6.89. The van der Waals surface area contributed by atoms with Crippen LogP contribution in [0.1, 0.15) is 24.0 Å². The van der Waals surface area contributed by atoms with E-state index in [0.717, 1.165) is 25.4 Å². The van der Waals surface area contributed by atoms with Gasteiger partial charge in [0, 0.05) is 18.7 Å². The predicted molar refractivity (Wildman–Crippen MR) is 75.1 cm³/mol. The van der Waals surface area contributed by atoms with Crippen LogP contribution in [-0.4, -0.2) is 38.2 Å². The molecule has 0 atom stereocenters. The molecule has 3 heteroatoms. The third-order valence-electron chi connectivity index (χ3n) is 3.45. The number of nitrogens with zero attached hydrogens (tertiary/aromatic N) is 1. The lowest BCUT2D eigenvalue weighted by Crippen LogP contribution is -2.25. The number of hydrogen-bond donors (Lipinski definition) is 1. The molecule has 0 saturated carbocycles. The lowest BCUT2D eigenvalue weighted by Gasteiger charge is -2.16. The summed E-state index contributed by atoms with van der Waals surface area (Å²) in [6.07, 6.45) is 2.69. The van der Waals surface area contributed by atoms with Crippen LogP contribution in [0.15, 0.2) is 18.2 Å². The van der Waals surface area contributed by atoms with Crippen molar-refractivity contribution in [2.24, 2.45) is 0 Å². The highest BCUT2D eigenvalue weighted by Crippen LogP contribution is 2.20. The fourth-order valence-corrected chi connectivity index (χ4v) is 2.47. The second kappa shape index (κ2) is 6.76. The molecule has 18 heavy (non-hydrogen) atoms. The van der Waals surface area contributed by atoms with E-state index >= 15 is 0 Å². The van der Waals surface area contributed by atoms with Crippen LogP contribution in [0.3, 0.4) is 0 Å². The number of aryl methyl sites for hydroxylation is 1. The Morgan fingerprint density at radius 1 is 1.28 bits per heavy atom. The first-order chi connectivity index (χ1) is 8.79. The smallest absolute Gasteiger partial charge is 0.123 e. The molecular formula is C15H24N2O. The molecule has 1 aromatic carbocycles. The Bertz CT molecular complexity index is 373. The number of likely N-dealkylation sites (tertiary alicyclic amines) is 1. The first kappa shape index (κ1) is 13.4. The van der Waals surface area contributed by atoms with Gasteiger partial charge in [-0.25, -0.2) is 0 Å². The van der Waals surface area contributed by atoms with E-state index in [0.29, 0.717) is 0 Å². The van der Waals surface area contributed by atoms with E-state index < -0.39 is 0 Å². The average Bonchev–Trinajstić information content (AvgIpc) is 2.85. The van der Waals surface area contributed by atoms with Crippen molar-refractivity contribution >= 4 is 0 Å². The molecular weight excluding hydrogens is 224 g/mol. The average molecular weight is 248 g/mol. The Kier molecular flexibility index (Phi) is 5.02. The van der Waals surface area contributed by atoms with Crippen LogP contribution in [0.5, 0.6) is 5.75 Å². The zero-order chi connectivity index (χ0) is 12.8. The molecule has 1 N–H and O–H groups in total. The van der Waals surface area contributed by atoms with Crippen LogP contribution in [0, 0.1) is 6.92 Å². The van der Waals surface area contributed by atoms with Gasteiger partial charge in [-0.2, -0.15) is 0 Å². The van der Waals surface area contributed by atoms with Crippen LogP contribution in [0.2, 0.25) is 0 Å². The Labute approximate surface area is 110 Å². The van der Waals surface area contributed by atoms with E-state index in [-0.39, 0.29) is 0 Å². The minimum atomic E-state index is 0.791. The zero-order valence-corrected chi connectivity index (χ0v) is 11.5. The van der Waals surface area contributed by atoms with Crippen LogP contribution in [0.4, 0.5) is 0 Å². The van der Waals surface area contributed by atoms with Crippen molar-refractivity contribution in [2.75, 3.05) is 33.3 Å². The molecule has 3 nitrogen and oxygen atoms in total. The molecule has 0 aromatic heterocycles. The number of rotatable bonds is 6. The number of benzene rings is 1. The summed E-state index contributed by atoms with van der Waals surface area (Å²) in [6, 6.07) is 6.40. The van der Waals surface area contributed by atoms with E-state index in [4.69, 9.17) is 4.74 Å². The van der Waals surface area contributed by atoms with E-state index in [1.54, 1.807) is 0 Å². The maximum absolute atomic E-state index is 5.92. The first-order valence-electron chi connectivity index (χ1n) is 6.89. The van der Waals surface area contributed by atoms with Gasteiger partial charge in [-0.3, -0.25) is 4.90 Å². The minimum absolute atomic E-state index is 0.791. The van der Waals surface area contributed by atoms with Crippen molar-refractivity contribution in [2.45, 2.75) is 26.3 Å². The Morgan fingerprint density at radius 2 is 2.06 bits per heavy atom. The molecule has 0 amide bonds. The van der Waals surface area contributed by atoms with Gasteiger partial charge in [-0.15, -0.1) is 0 Å². The third-order valence-corrected chi connectivity index (χ3v) is 3.45. The van der Waals surface area contributed by atoms with E-state index in [9.17, 15) is 0 Å². The van der Waals surface area contributed by atoms with Crippen molar-refractivity contribution < 1.29 is 4.74 Å². The molecule has 1 aliphatic heterocycles. The Hall–Kier alpha value is -1.06. The van der Waals surface area contributed by atoms with E-state index in [1.165, 1.54) is 37.1 Å². The summed E-state index contributed by atoms with van der Waals surface area (Å²) in [5.74, 6) is 1.02. The number of nitrogens with one attached hydrogen (secondary N) is 1. The Morgan fingerprint density at radius 3 is 2.78 bits per heavy atom. The minimum Gasteiger partial charge on any atom is -0.492 e. The molecule has 0 radical (unpaired) electrons. The van der Waals surface area contributed by atoms with Crippen LogP contribution in [0.25, 0.3) is 0 Å². The summed E-state index contributed by atoms with van der Waals surface area (Å²) in [6.45, 7) is 7.29. The molecule has 0 aliphatic carbocycles. The van der Waals surface area contributed by atoms with Crippen LogP contribution < -0.4 is 10.1 Å². The van der Waals surface area contributed by atoms with Gasteiger partial charge < -0.3 is 10.1 Å². The van der Waals surface area contributed by atoms with Crippen LogP contribution in [-0.2, 0) is 6.54 Å². The number of hydrogen-bond acceptors (Lipinski definition) is 3. The maximum Gasteiger partial charge on any atom is 0.123 e. The summed E-state index contributed by atoms with van der Waals surface area (Å²) in [5.41, 5.74) is 2.53. The highest BCUT2D eigenvalue weighted by Gasteiger charge is 2.11. The zero-order valence-electron chi connectivity index (χ0n) is 11.5. The fourth-order valence-electron chi connectivity index (χ4n) is 2.47. The third kappa shape index (κ3) is 3.72. The van der Waals surface area contributed by atoms with Crippen molar-refractivity contribution in [1.29, 1.82) is 0 Å². The molecule has 0 bridgehead atoms. The topological polar surface area (TPSA) is 24.5 Å². The maximum atomic E-state index is 5.92. The van der Waals surface area contributed by atoms with Gasteiger partial charge in [0.2, 0.25) is 0 Å². The molecule has 1 aromatic rings. The lowest BCUT2D eigenvalue weighted by atomic mass is 10.1. The molecule has 1 heterocycles. The van der Waals surface area contributed by atoms with Gasteiger partial charge in [-0.05, 0) is 46.0 Å². The molecule has 100 valence electrons.